The second-order valence-electron chi connectivity index (χ2n) is 5.67. The molecule has 1 aromatic carbocycles. The Morgan fingerprint density at radius 2 is 2.09 bits per heavy atom. The zero-order chi connectivity index (χ0) is 15.9. The third-order valence-corrected chi connectivity index (χ3v) is 5.41. The number of hydrogen-bond acceptors (Lipinski definition) is 4. The van der Waals surface area contributed by atoms with Crippen LogP contribution >= 0.6 is 11.8 Å². The molecular formula is C17H26N2O2S. The molecule has 1 N–H and O–H groups in total. The summed E-state index contributed by atoms with van der Waals surface area (Å²) in [6.45, 7) is 9.33. The Morgan fingerprint density at radius 3 is 2.77 bits per heavy atom. The maximum atomic E-state index is 11.4. The second-order valence-corrected chi connectivity index (χ2v) is 7.16. The van der Waals surface area contributed by atoms with E-state index in [1.165, 1.54) is 11.3 Å². The van der Waals surface area contributed by atoms with Crippen molar-refractivity contribution in [3.8, 4) is 5.75 Å². The summed E-state index contributed by atoms with van der Waals surface area (Å²) in [5, 5.41) is 3.41. The molecular weight excluding hydrogens is 296 g/mol. The predicted octanol–water partition coefficient (Wildman–Crippen LogP) is 2.53. The Labute approximate surface area is 137 Å². The highest BCUT2D eigenvalue weighted by molar-refractivity contribution is 8.00. The molecule has 0 unspecified atom stereocenters. The van der Waals surface area contributed by atoms with Gasteiger partial charge in [-0.3, -0.25) is 9.69 Å². The van der Waals surface area contributed by atoms with Gasteiger partial charge in [0.25, 0.3) is 5.91 Å². The number of nitrogens with zero attached hydrogens (tertiary/aromatic N) is 1. The monoisotopic (exact) mass is 322 g/mol. The van der Waals surface area contributed by atoms with Gasteiger partial charge in [-0.2, -0.15) is 11.8 Å². The van der Waals surface area contributed by atoms with Crippen LogP contribution in [-0.2, 0) is 11.3 Å². The highest BCUT2D eigenvalue weighted by Gasteiger charge is 2.24. The molecule has 1 saturated heterocycles. The maximum Gasteiger partial charge on any atom is 0.257 e. The molecule has 1 fully saturated rings. The van der Waals surface area contributed by atoms with Crippen LogP contribution in [-0.4, -0.2) is 47.5 Å². The predicted molar refractivity (Wildman–Crippen MR) is 92.4 cm³/mol. The van der Waals surface area contributed by atoms with Gasteiger partial charge in [0.2, 0.25) is 0 Å². The molecule has 0 radical (unpaired) electrons. The Balaban J connectivity index is 1.85. The molecule has 0 bridgehead atoms. The van der Waals surface area contributed by atoms with Crippen molar-refractivity contribution in [2.75, 3.05) is 25.4 Å². The molecule has 0 aromatic heterocycles. The first-order valence-corrected chi connectivity index (χ1v) is 8.99. The second kappa shape index (κ2) is 8.44. The standard InChI is InChI=1S/C17H26N2O2S/c1-4-18-17(20)12-21-16-7-5-15(6-8-16)11-19-9-10-22-14(3)13(19)2/h5-8,13-14H,4,9-12H2,1-3H3,(H,18,20)/t13-,14+/m0/s1. The lowest BCUT2D eigenvalue weighted by Crippen LogP contribution is -2.43. The first-order valence-electron chi connectivity index (χ1n) is 7.94. The van der Waals surface area contributed by atoms with Crippen molar-refractivity contribution in [2.24, 2.45) is 0 Å². The Kier molecular flexibility index (Phi) is 6.58. The number of ether oxygens (including phenoxy) is 1. The molecule has 1 aliphatic rings. The van der Waals surface area contributed by atoms with Crippen molar-refractivity contribution in [1.29, 1.82) is 0 Å². The van der Waals surface area contributed by atoms with Gasteiger partial charge in [-0.05, 0) is 31.5 Å². The normalized spacial score (nSPS) is 22.3. The number of benzene rings is 1. The Hall–Kier alpha value is -1.20. The van der Waals surface area contributed by atoms with E-state index < -0.39 is 0 Å². The lowest BCUT2D eigenvalue weighted by Gasteiger charge is -2.37. The van der Waals surface area contributed by atoms with Crippen LogP contribution in [0.3, 0.4) is 0 Å². The molecule has 1 aromatic rings. The highest BCUT2D eigenvalue weighted by atomic mass is 32.2. The number of carbonyl (C=O) groups excluding carboxylic acids is 1. The number of rotatable bonds is 6. The van der Waals surface area contributed by atoms with Gasteiger partial charge in [0, 0.05) is 36.7 Å². The molecule has 0 aliphatic carbocycles. The van der Waals surface area contributed by atoms with Gasteiger partial charge in [0.15, 0.2) is 6.61 Å². The highest BCUT2D eigenvalue weighted by Crippen LogP contribution is 2.25. The minimum absolute atomic E-state index is 0.0745. The van der Waals surface area contributed by atoms with Crippen LogP contribution in [0.25, 0.3) is 0 Å². The minimum Gasteiger partial charge on any atom is -0.484 e. The lowest BCUT2D eigenvalue weighted by atomic mass is 10.1. The van der Waals surface area contributed by atoms with E-state index in [0.717, 1.165) is 18.8 Å². The topological polar surface area (TPSA) is 41.6 Å². The summed E-state index contributed by atoms with van der Waals surface area (Å²) in [6, 6.07) is 8.67. The van der Waals surface area contributed by atoms with Crippen LogP contribution in [0.2, 0.25) is 0 Å². The maximum absolute atomic E-state index is 11.4. The fourth-order valence-corrected chi connectivity index (χ4v) is 3.70. The minimum atomic E-state index is -0.0831. The molecule has 1 aliphatic heterocycles. The van der Waals surface area contributed by atoms with Crippen LogP contribution < -0.4 is 10.1 Å². The summed E-state index contributed by atoms with van der Waals surface area (Å²) in [5.74, 6) is 1.87. The summed E-state index contributed by atoms with van der Waals surface area (Å²) < 4.78 is 5.47. The number of thioether (sulfide) groups is 1. The fraction of sp³-hybridized carbons (Fsp3) is 0.588. The molecule has 1 heterocycles. The zero-order valence-electron chi connectivity index (χ0n) is 13.7. The average molecular weight is 322 g/mol. The van der Waals surface area contributed by atoms with Crippen molar-refractivity contribution in [3.63, 3.8) is 0 Å². The fourth-order valence-electron chi connectivity index (χ4n) is 2.54. The van der Waals surface area contributed by atoms with Crippen molar-refractivity contribution in [3.05, 3.63) is 29.8 Å². The summed E-state index contributed by atoms with van der Waals surface area (Å²) in [7, 11) is 0. The Bertz CT molecular complexity index is 478. The summed E-state index contributed by atoms with van der Waals surface area (Å²) in [4.78, 5) is 13.9. The van der Waals surface area contributed by atoms with Gasteiger partial charge in [0.1, 0.15) is 5.75 Å². The van der Waals surface area contributed by atoms with Crippen molar-refractivity contribution in [2.45, 2.75) is 38.6 Å². The molecule has 0 saturated carbocycles. The van der Waals surface area contributed by atoms with Crippen molar-refractivity contribution >= 4 is 17.7 Å². The smallest absolute Gasteiger partial charge is 0.257 e. The molecule has 1 amide bonds. The van der Waals surface area contributed by atoms with Gasteiger partial charge >= 0.3 is 0 Å². The zero-order valence-corrected chi connectivity index (χ0v) is 14.5. The molecule has 2 atom stereocenters. The lowest BCUT2D eigenvalue weighted by molar-refractivity contribution is -0.122. The van der Waals surface area contributed by atoms with E-state index in [1.807, 2.05) is 19.1 Å². The number of hydrogen-bond donors (Lipinski definition) is 1. The van der Waals surface area contributed by atoms with E-state index in [0.29, 0.717) is 17.8 Å². The number of nitrogens with one attached hydrogen (secondary N) is 1. The van der Waals surface area contributed by atoms with Crippen molar-refractivity contribution < 1.29 is 9.53 Å². The molecule has 5 heteroatoms. The van der Waals surface area contributed by atoms with E-state index in [-0.39, 0.29) is 12.5 Å². The number of likely N-dealkylation sites (N-methyl/N-ethyl adjacent to an activating group) is 1. The first-order chi connectivity index (χ1) is 10.6. The summed E-state index contributed by atoms with van der Waals surface area (Å²) in [6.07, 6.45) is 0. The first kappa shape index (κ1) is 17.2. The number of carbonyl (C=O) groups is 1. The largest absolute Gasteiger partial charge is 0.484 e. The average Bonchev–Trinajstić information content (AvgIpc) is 2.51. The van der Waals surface area contributed by atoms with Gasteiger partial charge < -0.3 is 10.1 Å². The SMILES string of the molecule is CCNC(=O)COc1ccc(CN2CCS[C@H](C)[C@@H]2C)cc1. The third-order valence-electron chi connectivity index (χ3n) is 4.07. The van der Waals surface area contributed by atoms with Crippen LogP contribution in [0.15, 0.2) is 24.3 Å². The van der Waals surface area contributed by atoms with Crippen LogP contribution in [0.5, 0.6) is 5.75 Å². The molecule has 22 heavy (non-hydrogen) atoms. The van der Waals surface area contributed by atoms with E-state index in [9.17, 15) is 4.79 Å². The van der Waals surface area contributed by atoms with Crippen molar-refractivity contribution in [1.82, 2.24) is 10.2 Å². The van der Waals surface area contributed by atoms with E-state index in [1.54, 1.807) is 0 Å². The van der Waals surface area contributed by atoms with Gasteiger partial charge in [-0.15, -0.1) is 0 Å². The van der Waals surface area contributed by atoms with E-state index in [2.05, 4.69) is 48.0 Å². The van der Waals surface area contributed by atoms with Gasteiger partial charge in [0.05, 0.1) is 0 Å². The molecule has 122 valence electrons. The third kappa shape index (κ3) is 4.92. The number of amides is 1. The van der Waals surface area contributed by atoms with Crippen LogP contribution in [0.4, 0.5) is 0 Å². The van der Waals surface area contributed by atoms with Crippen LogP contribution in [0, 0.1) is 0 Å². The Morgan fingerprint density at radius 1 is 1.36 bits per heavy atom. The van der Waals surface area contributed by atoms with Gasteiger partial charge in [-0.1, -0.05) is 19.1 Å². The van der Waals surface area contributed by atoms with E-state index in [4.69, 9.17) is 4.74 Å². The molecule has 4 nitrogen and oxygen atoms in total. The molecule has 2 rings (SSSR count). The summed E-state index contributed by atoms with van der Waals surface area (Å²) in [5.41, 5.74) is 1.29. The van der Waals surface area contributed by atoms with Gasteiger partial charge in [-0.25, -0.2) is 0 Å². The van der Waals surface area contributed by atoms with Crippen LogP contribution in [0.1, 0.15) is 26.3 Å². The molecule has 0 spiro atoms. The quantitative estimate of drug-likeness (QED) is 0.874. The van der Waals surface area contributed by atoms with E-state index >= 15 is 0 Å². The summed E-state index contributed by atoms with van der Waals surface area (Å²) >= 11 is 2.06.